The molecule has 1 unspecified atom stereocenters. The smallest absolute Gasteiger partial charge is 0.142 e. The SMILES string of the molecule is COc1ccccc1N(CCO)C(C)Cc1ccccc1. The van der Waals surface area contributed by atoms with E-state index in [1.54, 1.807) is 7.11 Å². The number of hydrogen-bond donors (Lipinski definition) is 1. The molecule has 1 N–H and O–H groups in total. The van der Waals surface area contributed by atoms with Crippen molar-refractivity contribution in [3.05, 3.63) is 60.2 Å². The molecule has 0 fully saturated rings. The van der Waals surface area contributed by atoms with Crippen LogP contribution in [0.15, 0.2) is 54.6 Å². The molecular weight excluding hydrogens is 262 g/mol. The molecular formula is C18H23NO2. The lowest BCUT2D eigenvalue weighted by molar-refractivity contribution is 0.297. The standard InChI is InChI=1S/C18H23NO2/c1-15(14-16-8-4-3-5-9-16)19(12-13-20)17-10-6-7-11-18(17)21-2/h3-11,15,20H,12-14H2,1-2H3. The molecule has 0 aromatic heterocycles. The Morgan fingerprint density at radius 2 is 1.71 bits per heavy atom. The Labute approximate surface area is 126 Å². The van der Waals surface area contributed by atoms with Gasteiger partial charge in [0, 0.05) is 12.6 Å². The highest BCUT2D eigenvalue weighted by molar-refractivity contribution is 5.59. The van der Waals surface area contributed by atoms with E-state index in [2.05, 4.69) is 36.1 Å². The van der Waals surface area contributed by atoms with Crippen molar-refractivity contribution in [3.63, 3.8) is 0 Å². The van der Waals surface area contributed by atoms with Crippen LogP contribution >= 0.6 is 0 Å². The zero-order valence-electron chi connectivity index (χ0n) is 12.7. The number of anilines is 1. The Bertz CT molecular complexity index is 542. The van der Waals surface area contributed by atoms with Gasteiger partial charge in [-0.3, -0.25) is 0 Å². The van der Waals surface area contributed by atoms with Gasteiger partial charge in [-0.25, -0.2) is 0 Å². The lowest BCUT2D eigenvalue weighted by atomic mass is 10.1. The van der Waals surface area contributed by atoms with Gasteiger partial charge < -0.3 is 14.7 Å². The molecule has 0 saturated heterocycles. The second-order valence-electron chi connectivity index (χ2n) is 5.13. The molecule has 0 bridgehead atoms. The molecule has 1 atom stereocenters. The summed E-state index contributed by atoms with van der Waals surface area (Å²) >= 11 is 0. The van der Waals surface area contributed by atoms with Gasteiger partial charge in [0.05, 0.1) is 19.4 Å². The minimum atomic E-state index is 0.122. The van der Waals surface area contributed by atoms with Crippen LogP contribution in [-0.4, -0.2) is 31.4 Å². The number of rotatable bonds is 7. The van der Waals surface area contributed by atoms with Crippen LogP contribution in [0, 0.1) is 0 Å². The number of para-hydroxylation sites is 2. The van der Waals surface area contributed by atoms with E-state index in [0.29, 0.717) is 6.54 Å². The molecule has 0 aliphatic rings. The Kier molecular flexibility index (Phi) is 5.64. The minimum absolute atomic E-state index is 0.122. The molecule has 0 radical (unpaired) electrons. The maximum Gasteiger partial charge on any atom is 0.142 e. The summed E-state index contributed by atoms with van der Waals surface area (Å²) in [6.07, 6.45) is 0.929. The van der Waals surface area contributed by atoms with E-state index in [1.807, 2.05) is 30.3 Å². The summed E-state index contributed by atoms with van der Waals surface area (Å²) in [7, 11) is 1.68. The highest BCUT2D eigenvalue weighted by atomic mass is 16.5. The van der Waals surface area contributed by atoms with Crippen molar-refractivity contribution >= 4 is 5.69 Å². The third-order valence-corrected chi connectivity index (χ3v) is 3.64. The molecule has 0 saturated carbocycles. The molecule has 112 valence electrons. The van der Waals surface area contributed by atoms with Crippen molar-refractivity contribution in [1.29, 1.82) is 0 Å². The topological polar surface area (TPSA) is 32.7 Å². The number of nitrogens with zero attached hydrogens (tertiary/aromatic N) is 1. The number of benzene rings is 2. The summed E-state index contributed by atoms with van der Waals surface area (Å²) in [5, 5.41) is 9.39. The summed E-state index contributed by atoms with van der Waals surface area (Å²) in [5.41, 5.74) is 2.32. The van der Waals surface area contributed by atoms with Crippen molar-refractivity contribution in [2.24, 2.45) is 0 Å². The number of aliphatic hydroxyl groups is 1. The average Bonchev–Trinajstić information content (AvgIpc) is 2.53. The maximum atomic E-state index is 9.39. The molecule has 2 rings (SSSR count). The Hall–Kier alpha value is -2.00. The monoisotopic (exact) mass is 285 g/mol. The molecule has 2 aromatic carbocycles. The van der Waals surface area contributed by atoms with Gasteiger partial charge in [0.1, 0.15) is 5.75 Å². The van der Waals surface area contributed by atoms with Gasteiger partial charge in [-0.1, -0.05) is 42.5 Å². The van der Waals surface area contributed by atoms with E-state index in [0.717, 1.165) is 17.9 Å². The van der Waals surface area contributed by atoms with E-state index in [1.165, 1.54) is 5.56 Å². The predicted octanol–water partition coefficient (Wildman–Crippen LogP) is 3.13. The van der Waals surface area contributed by atoms with Crippen molar-refractivity contribution < 1.29 is 9.84 Å². The van der Waals surface area contributed by atoms with Gasteiger partial charge in [-0.05, 0) is 31.0 Å². The lowest BCUT2D eigenvalue weighted by Gasteiger charge is -2.32. The minimum Gasteiger partial charge on any atom is -0.495 e. The third-order valence-electron chi connectivity index (χ3n) is 3.64. The van der Waals surface area contributed by atoms with Crippen molar-refractivity contribution in [2.45, 2.75) is 19.4 Å². The Morgan fingerprint density at radius 1 is 1.05 bits per heavy atom. The summed E-state index contributed by atoms with van der Waals surface area (Å²) in [4.78, 5) is 2.20. The first-order valence-electron chi connectivity index (χ1n) is 7.30. The highest BCUT2D eigenvalue weighted by Crippen LogP contribution is 2.29. The van der Waals surface area contributed by atoms with E-state index in [4.69, 9.17) is 4.74 Å². The molecule has 21 heavy (non-hydrogen) atoms. The Morgan fingerprint density at radius 3 is 2.38 bits per heavy atom. The first-order valence-corrected chi connectivity index (χ1v) is 7.30. The fraction of sp³-hybridized carbons (Fsp3) is 0.333. The van der Waals surface area contributed by atoms with Gasteiger partial charge in [0.15, 0.2) is 0 Å². The van der Waals surface area contributed by atoms with Gasteiger partial charge in [0.25, 0.3) is 0 Å². The number of aliphatic hydroxyl groups excluding tert-OH is 1. The molecule has 0 heterocycles. The van der Waals surface area contributed by atoms with Crippen LogP contribution in [0.1, 0.15) is 12.5 Å². The predicted molar refractivity (Wildman–Crippen MR) is 87.0 cm³/mol. The van der Waals surface area contributed by atoms with E-state index < -0.39 is 0 Å². The molecule has 0 amide bonds. The first-order chi connectivity index (χ1) is 10.3. The van der Waals surface area contributed by atoms with Gasteiger partial charge in [-0.2, -0.15) is 0 Å². The third kappa shape index (κ3) is 3.99. The molecule has 3 nitrogen and oxygen atoms in total. The summed E-state index contributed by atoms with van der Waals surface area (Å²) in [6, 6.07) is 18.6. The van der Waals surface area contributed by atoms with Gasteiger partial charge in [-0.15, -0.1) is 0 Å². The zero-order chi connectivity index (χ0) is 15.1. The van der Waals surface area contributed by atoms with Crippen LogP contribution < -0.4 is 9.64 Å². The fourth-order valence-electron chi connectivity index (χ4n) is 2.62. The summed E-state index contributed by atoms with van der Waals surface area (Å²) < 4.78 is 5.45. The van der Waals surface area contributed by atoms with E-state index in [9.17, 15) is 5.11 Å². The van der Waals surface area contributed by atoms with Crippen LogP contribution in [0.2, 0.25) is 0 Å². The number of hydrogen-bond acceptors (Lipinski definition) is 3. The highest BCUT2D eigenvalue weighted by Gasteiger charge is 2.17. The van der Waals surface area contributed by atoms with Crippen LogP contribution in [0.3, 0.4) is 0 Å². The molecule has 3 heteroatoms. The van der Waals surface area contributed by atoms with E-state index >= 15 is 0 Å². The van der Waals surface area contributed by atoms with Crippen LogP contribution in [-0.2, 0) is 6.42 Å². The van der Waals surface area contributed by atoms with Crippen molar-refractivity contribution in [1.82, 2.24) is 0 Å². The van der Waals surface area contributed by atoms with Gasteiger partial charge >= 0.3 is 0 Å². The van der Waals surface area contributed by atoms with E-state index in [-0.39, 0.29) is 12.6 Å². The molecule has 0 spiro atoms. The normalized spacial score (nSPS) is 12.0. The molecule has 2 aromatic rings. The largest absolute Gasteiger partial charge is 0.495 e. The van der Waals surface area contributed by atoms with Crippen LogP contribution in [0.25, 0.3) is 0 Å². The first kappa shape index (κ1) is 15.4. The average molecular weight is 285 g/mol. The summed E-state index contributed by atoms with van der Waals surface area (Å²) in [6.45, 7) is 2.89. The lowest BCUT2D eigenvalue weighted by Crippen LogP contribution is -2.37. The molecule has 0 aliphatic carbocycles. The second-order valence-corrected chi connectivity index (χ2v) is 5.13. The fourth-order valence-corrected chi connectivity index (χ4v) is 2.62. The quantitative estimate of drug-likeness (QED) is 0.848. The van der Waals surface area contributed by atoms with Gasteiger partial charge in [0.2, 0.25) is 0 Å². The maximum absolute atomic E-state index is 9.39. The van der Waals surface area contributed by atoms with Crippen molar-refractivity contribution in [3.8, 4) is 5.75 Å². The van der Waals surface area contributed by atoms with Crippen LogP contribution in [0.4, 0.5) is 5.69 Å². The number of ether oxygens (including phenoxy) is 1. The number of methoxy groups -OCH3 is 1. The second kappa shape index (κ2) is 7.70. The van der Waals surface area contributed by atoms with Crippen LogP contribution in [0.5, 0.6) is 5.75 Å². The molecule has 0 aliphatic heterocycles. The summed E-state index contributed by atoms with van der Waals surface area (Å²) in [5.74, 6) is 0.839. The Balaban J connectivity index is 2.21. The van der Waals surface area contributed by atoms with Crippen molar-refractivity contribution in [2.75, 3.05) is 25.2 Å². The zero-order valence-corrected chi connectivity index (χ0v) is 12.7.